The number of benzene rings is 2. The first kappa shape index (κ1) is 23.1. The molecule has 1 aromatic heterocycles. The Bertz CT molecular complexity index is 977. The van der Waals surface area contributed by atoms with Crippen molar-refractivity contribution in [2.75, 3.05) is 20.3 Å². The molecule has 2 aromatic carbocycles. The molecule has 4 rings (SSSR count). The van der Waals surface area contributed by atoms with Gasteiger partial charge in [0.15, 0.2) is 5.79 Å². The van der Waals surface area contributed by atoms with E-state index in [2.05, 4.69) is 17.1 Å². The van der Waals surface area contributed by atoms with Crippen LogP contribution in [0.3, 0.4) is 0 Å². The van der Waals surface area contributed by atoms with Gasteiger partial charge in [0.25, 0.3) is 0 Å². The van der Waals surface area contributed by atoms with Crippen molar-refractivity contribution < 1.29 is 18.9 Å². The third kappa shape index (κ3) is 5.82. The number of ether oxygens (including phenoxy) is 4. The van der Waals surface area contributed by atoms with E-state index < -0.39 is 5.79 Å². The first-order valence-corrected chi connectivity index (χ1v) is 11.2. The Morgan fingerprint density at radius 2 is 1.94 bits per heavy atom. The van der Waals surface area contributed by atoms with Gasteiger partial charge in [-0.15, -0.1) is 0 Å². The molecule has 0 amide bonds. The Kier molecular flexibility index (Phi) is 7.71. The standard InChI is InChI=1S/C24H26Cl2N2O4/c1-29-19-7-5-18(6-8-19)9-10-24(16-28-12-11-27-17-28)31-14-20(32-24)13-30-15-21-22(25)3-2-4-23(21)26/h2-8,11-12,17,20H,9-10,13-16H2,1H3. The van der Waals surface area contributed by atoms with Crippen LogP contribution >= 0.6 is 23.2 Å². The van der Waals surface area contributed by atoms with Crippen LogP contribution in [-0.2, 0) is 33.8 Å². The lowest BCUT2D eigenvalue weighted by Gasteiger charge is -2.28. The van der Waals surface area contributed by atoms with Crippen LogP contribution in [0.1, 0.15) is 17.5 Å². The zero-order valence-corrected chi connectivity index (χ0v) is 19.4. The molecule has 1 saturated heterocycles. The highest BCUT2D eigenvalue weighted by Gasteiger charge is 2.41. The largest absolute Gasteiger partial charge is 0.497 e. The SMILES string of the molecule is COc1ccc(CCC2(Cn3ccnc3)OCC(COCc3c(Cl)cccc3Cl)O2)cc1. The summed E-state index contributed by atoms with van der Waals surface area (Å²) in [6.07, 6.45) is 6.75. The van der Waals surface area contributed by atoms with Crippen LogP contribution in [-0.4, -0.2) is 41.8 Å². The number of rotatable bonds is 10. The summed E-state index contributed by atoms with van der Waals surface area (Å²) in [5, 5.41) is 1.19. The van der Waals surface area contributed by atoms with Gasteiger partial charge in [0.2, 0.25) is 0 Å². The Labute approximate surface area is 198 Å². The van der Waals surface area contributed by atoms with E-state index in [1.54, 1.807) is 31.8 Å². The van der Waals surface area contributed by atoms with Gasteiger partial charge in [-0.3, -0.25) is 0 Å². The lowest BCUT2D eigenvalue weighted by atomic mass is 10.0. The molecule has 8 heteroatoms. The highest BCUT2D eigenvalue weighted by atomic mass is 35.5. The summed E-state index contributed by atoms with van der Waals surface area (Å²) < 4.78 is 25.7. The number of halogens is 2. The minimum atomic E-state index is -0.753. The van der Waals surface area contributed by atoms with Crippen molar-refractivity contribution in [2.45, 2.75) is 37.9 Å². The molecule has 0 bridgehead atoms. The molecule has 0 N–H and O–H groups in total. The molecule has 2 unspecified atom stereocenters. The topological polar surface area (TPSA) is 54.7 Å². The van der Waals surface area contributed by atoms with E-state index in [-0.39, 0.29) is 6.10 Å². The van der Waals surface area contributed by atoms with Crippen molar-refractivity contribution in [2.24, 2.45) is 0 Å². The molecule has 2 heterocycles. The van der Waals surface area contributed by atoms with Crippen LogP contribution in [0.5, 0.6) is 5.75 Å². The van der Waals surface area contributed by atoms with E-state index in [9.17, 15) is 0 Å². The van der Waals surface area contributed by atoms with Crippen molar-refractivity contribution in [3.05, 3.63) is 82.4 Å². The lowest BCUT2D eigenvalue weighted by Crippen LogP contribution is -2.37. The quantitative estimate of drug-likeness (QED) is 0.404. The van der Waals surface area contributed by atoms with E-state index in [0.717, 1.165) is 17.7 Å². The van der Waals surface area contributed by atoms with Crippen molar-refractivity contribution in [1.82, 2.24) is 9.55 Å². The number of aryl methyl sites for hydroxylation is 1. The highest BCUT2D eigenvalue weighted by Crippen LogP contribution is 2.32. The van der Waals surface area contributed by atoms with Crippen molar-refractivity contribution in [3.63, 3.8) is 0 Å². The minimum absolute atomic E-state index is 0.185. The van der Waals surface area contributed by atoms with Crippen molar-refractivity contribution >= 4 is 23.2 Å². The first-order chi connectivity index (χ1) is 15.6. The second-order valence-electron chi connectivity index (χ2n) is 7.76. The van der Waals surface area contributed by atoms with Crippen LogP contribution in [0.2, 0.25) is 10.0 Å². The van der Waals surface area contributed by atoms with E-state index in [1.165, 1.54) is 5.56 Å². The number of imidazole rings is 1. The number of hydrogen-bond donors (Lipinski definition) is 0. The predicted molar refractivity (Wildman–Crippen MR) is 123 cm³/mol. The van der Waals surface area contributed by atoms with Gasteiger partial charge in [-0.2, -0.15) is 0 Å². The molecule has 0 saturated carbocycles. The predicted octanol–water partition coefficient (Wildman–Crippen LogP) is 5.16. The maximum absolute atomic E-state index is 6.40. The molecule has 170 valence electrons. The summed E-state index contributed by atoms with van der Waals surface area (Å²) in [4.78, 5) is 4.14. The summed E-state index contributed by atoms with van der Waals surface area (Å²) in [6, 6.07) is 13.5. The summed E-state index contributed by atoms with van der Waals surface area (Å²) in [5.74, 6) is 0.0857. The molecule has 3 aromatic rings. The second-order valence-corrected chi connectivity index (χ2v) is 8.57. The Morgan fingerprint density at radius 1 is 1.16 bits per heavy atom. The molecule has 0 aliphatic carbocycles. The van der Waals surface area contributed by atoms with Crippen LogP contribution in [0.4, 0.5) is 0 Å². The third-order valence-electron chi connectivity index (χ3n) is 5.46. The van der Waals surface area contributed by atoms with Crippen molar-refractivity contribution in [3.8, 4) is 5.75 Å². The van der Waals surface area contributed by atoms with Crippen LogP contribution in [0.15, 0.2) is 61.2 Å². The summed E-state index contributed by atoms with van der Waals surface area (Å²) >= 11 is 12.5. The Balaban J connectivity index is 1.37. The molecule has 0 spiro atoms. The molecule has 32 heavy (non-hydrogen) atoms. The zero-order chi connectivity index (χ0) is 22.4. The van der Waals surface area contributed by atoms with Gasteiger partial charge in [0, 0.05) is 34.4 Å². The maximum atomic E-state index is 6.40. The van der Waals surface area contributed by atoms with Gasteiger partial charge in [-0.05, 0) is 36.2 Å². The molecular formula is C24H26Cl2N2O4. The minimum Gasteiger partial charge on any atom is -0.497 e. The van der Waals surface area contributed by atoms with Gasteiger partial charge >= 0.3 is 0 Å². The average molecular weight is 477 g/mol. The number of nitrogens with zero attached hydrogens (tertiary/aromatic N) is 2. The van der Waals surface area contributed by atoms with E-state index in [1.807, 2.05) is 29.0 Å². The fourth-order valence-corrected chi connectivity index (χ4v) is 4.25. The van der Waals surface area contributed by atoms with Gasteiger partial charge in [-0.1, -0.05) is 41.4 Å². The number of hydrogen-bond acceptors (Lipinski definition) is 5. The monoisotopic (exact) mass is 476 g/mol. The zero-order valence-electron chi connectivity index (χ0n) is 17.9. The maximum Gasteiger partial charge on any atom is 0.187 e. The molecular weight excluding hydrogens is 451 g/mol. The van der Waals surface area contributed by atoms with Crippen LogP contribution in [0.25, 0.3) is 0 Å². The second kappa shape index (κ2) is 10.7. The van der Waals surface area contributed by atoms with Gasteiger partial charge in [0.05, 0.1) is 39.8 Å². The van der Waals surface area contributed by atoms with Gasteiger partial charge in [0.1, 0.15) is 11.9 Å². The number of aromatic nitrogens is 2. The molecule has 2 atom stereocenters. The molecule has 1 aliphatic heterocycles. The van der Waals surface area contributed by atoms with E-state index in [4.69, 9.17) is 42.1 Å². The van der Waals surface area contributed by atoms with E-state index in [0.29, 0.717) is 42.8 Å². The number of methoxy groups -OCH3 is 1. The summed E-state index contributed by atoms with van der Waals surface area (Å²) in [5.41, 5.74) is 1.97. The van der Waals surface area contributed by atoms with Gasteiger partial charge < -0.3 is 23.5 Å². The van der Waals surface area contributed by atoms with Crippen LogP contribution in [0, 0.1) is 0 Å². The average Bonchev–Trinajstić information content (AvgIpc) is 3.45. The third-order valence-corrected chi connectivity index (χ3v) is 6.17. The molecule has 1 aliphatic rings. The van der Waals surface area contributed by atoms with Crippen LogP contribution < -0.4 is 4.74 Å². The molecule has 6 nitrogen and oxygen atoms in total. The fraction of sp³-hybridized carbons (Fsp3) is 0.375. The summed E-state index contributed by atoms with van der Waals surface area (Å²) in [6.45, 7) is 1.71. The lowest BCUT2D eigenvalue weighted by molar-refractivity contribution is -0.187. The Hall–Kier alpha value is -2.09. The smallest absolute Gasteiger partial charge is 0.187 e. The Morgan fingerprint density at radius 3 is 2.62 bits per heavy atom. The molecule has 1 fully saturated rings. The highest BCUT2D eigenvalue weighted by molar-refractivity contribution is 6.35. The van der Waals surface area contributed by atoms with Gasteiger partial charge in [-0.25, -0.2) is 4.98 Å². The normalized spacial score (nSPS) is 20.5. The first-order valence-electron chi connectivity index (χ1n) is 10.5. The summed E-state index contributed by atoms with van der Waals surface area (Å²) in [7, 11) is 1.66. The van der Waals surface area contributed by atoms with E-state index >= 15 is 0 Å². The fourth-order valence-electron chi connectivity index (χ4n) is 3.74. The van der Waals surface area contributed by atoms with Crippen molar-refractivity contribution in [1.29, 1.82) is 0 Å². The molecule has 0 radical (unpaired) electrons.